The Morgan fingerprint density at radius 1 is 1.10 bits per heavy atom. The number of rotatable bonds is 1. The molecule has 0 radical (unpaired) electrons. The average Bonchev–Trinajstić information content (AvgIpc) is 2.96. The van der Waals surface area contributed by atoms with E-state index < -0.39 is 0 Å². The molecule has 1 fully saturated rings. The smallest absolute Gasteiger partial charge is 0.0896 e. The first-order valence-electron chi connectivity index (χ1n) is 7.05. The molecule has 0 spiro atoms. The van der Waals surface area contributed by atoms with Crippen LogP contribution in [0.4, 0.5) is 5.69 Å². The number of benzene rings is 2. The van der Waals surface area contributed by atoms with Gasteiger partial charge in [0.15, 0.2) is 0 Å². The Bertz CT molecular complexity index is 628. The van der Waals surface area contributed by atoms with Gasteiger partial charge in [-0.05, 0) is 24.1 Å². The van der Waals surface area contributed by atoms with Gasteiger partial charge in [0.25, 0.3) is 0 Å². The van der Waals surface area contributed by atoms with E-state index in [0.717, 1.165) is 23.7 Å². The highest BCUT2D eigenvalue weighted by molar-refractivity contribution is 6.30. The predicted octanol–water partition coefficient (Wildman–Crippen LogP) is 4.58. The molecule has 0 aliphatic carbocycles. The van der Waals surface area contributed by atoms with E-state index in [1.54, 1.807) is 0 Å². The van der Waals surface area contributed by atoms with Crippen LogP contribution >= 0.6 is 11.6 Å². The van der Waals surface area contributed by atoms with Crippen molar-refractivity contribution in [2.75, 3.05) is 11.9 Å². The van der Waals surface area contributed by atoms with E-state index in [9.17, 15) is 0 Å². The normalized spacial score (nSPS) is 27.6. The zero-order valence-corrected chi connectivity index (χ0v) is 11.8. The summed E-state index contributed by atoms with van der Waals surface area (Å²) in [5.74, 6) is 0.492. The molecule has 20 heavy (non-hydrogen) atoms. The van der Waals surface area contributed by atoms with E-state index in [2.05, 4.69) is 41.7 Å². The summed E-state index contributed by atoms with van der Waals surface area (Å²) in [7, 11) is 0. The molecule has 3 heteroatoms. The lowest BCUT2D eigenvalue weighted by Gasteiger charge is -2.36. The van der Waals surface area contributed by atoms with Crippen LogP contribution in [0.2, 0.25) is 5.02 Å². The number of hydrogen-bond acceptors (Lipinski definition) is 2. The first-order chi connectivity index (χ1) is 9.83. The van der Waals surface area contributed by atoms with Crippen molar-refractivity contribution in [3.8, 4) is 0 Å². The molecular weight excluding hydrogens is 270 g/mol. The monoisotopic (exact) mass is 285 g/mol. The molecule has 2 aromatic rings. The minimum atomic E-state index is 0.189. The second kappa shape index (κ2) is 4.80. The minimum absolute atomic E-state index is 0.189. The number of anilines is 1. The van der Waals surface area contributed by atoms with E-state index in [4.69, 9.17) is 16.3 Å². The second-order valence-electron chi connectivity index (χ2n) is 5.51. The van der Waals surface area contributed by atoms with Gasteiger partial charge >= 0.3 is 0 Å². The molecule has 0 bridgehead atoms. The first-order valence-corrected chi connectivity index (χ1v) is 7.43. The molecule has 2 aromatic carbocycles. The summed E-state index contributed by atoms with van der Waals surface area (Å²) < 4.78 is 5.99. The molecule has 1 N–H and O–H groups in total. The van der Waals surface area contributed by atoms with Crippen molar-refractivity contribution in [2.45, 2.75) is 18.6 Å². The Morgan fingerprint density at radius 3 is 2.80 bits per heavy atom. The van der Waals surface area contributed by atoms with E-state index >= 15 is 0 Å². The first kappa shape index (κ1) is 12.2. The molecule has 3 atom stereocenters. The largest absolute Gasteiger partial charge is 0.377 e. The van der Waals surface area contributed by atoms with Gasteiger partial charge in [-0.15, -0.1) is 0 Å². The van der Waals surface area contributed by atoms with Gasteiger partial charge < -0.3 is 10.1 Å². The van der Waals surface area contributed by atoms with Gasteiger partial charge in [-0.3, -0.25) is 0 Å². The summed E-state index contributed by atoms with van der Waals surface area (Å²) in [6.45, 7) is 0.836. The zero-order chi connectivity index (χ0) is 13.5. The minimum Gasteiger partial charge on any atom is -0.377 e. The Hall–Kier alpha value is -1.51. The molecule has 1 saturated heterocycles. The standard InChI is InChI=1S/C17H16ClNO/c18-12-6-7-13-15(10-12)19-16(11-4-2-1-3-5-11)14-8-9-20-17(13)14/h1-7,10,14,16-17,19H,8-9H2/t14-,16+,17+/m0/s1. The highest BCUT2D eigenvalue weighted by Crippen LogP contribution is 2.50. The molecule has 2 aliphatic heterocycles. The van der Waals surface area contributed by atoms with Crippen molar-refractivity contribution < 1.29 is 4.74 Å². The topological polar surface area (TPSA) is 21.3 Å². The van der Waals surface area contributed by atoms with Crippen molar-refractivity contribution >= 4 is 17.3 Å². The van der Waals surface area contributed by atoms with E-state index in [0.29, 0.717) is 12.0 Å². The summed E-state index contributed by atoms with van der Waals surface area (Å²) in [6, 6.07) is 17.0. The maximum Gasteiger partial charge on any atom is 0.0896 e. The van der Waals surface area contributed by atoms with Gasteiger partial charge in [-0.25, -0.2) is 0 Å². The third-order valence-corrected chi connectivity index (χ3v) is 4.59. The lowest BCUT2D eigenvalue weighted by Crippen LogP contribution is -2.29. The Kier molecular flexibility index (Phi) is 2.94. The number of hydrogen-bond donors (Lipinski definition) is 1. The van der Waals surface area contributed by atoms with Gasteiger partial charge in [0, 0.05) is 28.8 Å². The molecule has 2 nitrogen and oxygen atoms in total. The highest BCUT2D eigenvalue weighted by Gasteiger charge is 2.41. The van der Waals surface area contributed by atoms with Crippen LogP contribution in [0.3, 0.4) is 0 Å². The van der Waals surface area contributed by atoms with E-state index in [-0.39, 0.29) is 6.10 Å². The lowest BCUT2D eigenvalue weighted by molar-refractivity contribution is 0.0829. The van der Waals surface area contributed by atoms with E-state index in [1.165, 1.54) is 11.1 Å². The summed E-state index contributed by atoms with van der Waals surface area (Å²) in [6.07, 6.45) is 1.29. The molecule has 4 rings (SSSR count). The van der Waals surface area contributed by atoms with Crippen LogP contribution in [0.5, 0.6) is 0 Å². The van der Waals surface area contributed by atoms with Crippen molar-refractivity contribution in [3.63, 3.8) is 0 Å². The third kappa shape index (κ3) is 1.91. The summed E-state index contributed by atoms with van der Waals surface area (Å²) in [5, 5.41) is 4.42. The van der Waals surface area contributed by atoms with Gasteiger partial charge in [0.05, 0.1) is 12.1 Å². The molecule has 0 saturated carbocycles. The molecule has 0 unspecified atom stereocenters. The fourth-order valence-electron chi connectivity index (χ4n) is 3.44. The molecular formula is C17H16ClNO. The van der Waals surface area contributed by atoms with Crippen LogP contribution < -0.4 is 5.32 Å². The fraction of sp³-hybridized carbons (Fsp3) is 0.294. The van der Waals surface area contributed by atoms with Crippen molar-refractivity contribution in [2.24, 2.45) is 5.92 Å². The van der Waals surface area contributed by atoms with Crippen LogP contribution in [-0.2, 0) is 4.74 Å². The number of nitrogens with one attached hydrogen (secondary N) is 1. The molecule has 0 amide bonds. The van der Waals surface area contributed by atoms with Crippen LogP contribution in [0.25, 0.3) is 0 Å². The molecule has 2 heterocycles. The van der Waals surface area contributed by atoms with Gasteiger partial charge in [0.1, 0.15) is 0 Å². The van der Waals surface area contributed by atoms with Crippen LogP contribution in [-0.4, -0.2) is 6.61 Å². The maximum atomic E-state index is 6.13. The number of fused-ring (bicyclic) bond motifs is 3. The van der Waals surface area contributed by atoms with Gasteiger partial charge in [-0.1, -0.05) is 48.0 Å². The summed E-state index contributed by atoms with van der Waals surface area (Å²) in [4.78, 5) is 0. The van der Waals surface area contributed by atoms with Crippen molar-refractivity contribution in [1.82, 2.24) is 0 Å². The van der Waals surface area contributed by atoms with Crippen LogP contribution in [0.15, 0.2) is 48.5 Å². The Morgan fingerprint density at radius 2 is 1.95 bits per heavy atom. The maximum absolute atomic E-state index is 6.13. The van der Waals surface area contributed by atoms with Crippen molar-refractivity contribution in [3.05, 3.63) is 64.7 Å². The molecule has 2 aliphatic rings. The molecule has 0 aromatic heterocycles. The third-order valence-electron chi connectivity index (χ3n) is 4.36. The fourth-order valence-corrected chi connectivity index (χ4v) is 3.61. The second-order valence-corrected chi connectivity index (χ2v) is 5.94. The van der Waals surface area contributed by atoms with Crippen LogP contribution in [0, 0.1) is 5.92 Å². The molecule has 102 valence electrons. The quantitative estimate of drug-likeness (QED) is 0.828. The average molecular weight is 286 g/mol. The number of ether oxygens (including phenoxy) is 1. The van der Waals surface area contributed by atoms with Crippen molar-refractivity contribution in [1.29, 1.82) is 0 Å². The van der Waals surface area contributed by atoms with Gasteiger partial charge in [-0.2, -0.15) is 0 Å². The van der Waals surface area contributed by atoms with E-state index in [1.807, 2.05) is 12.1 Å². The number of halogens is 1. The SMILES string of the molecule is Clc1ccc2c(c1)N[C@H](c1ccccc1)[C@@H]1CCO[C@H]21. The van der Waals surface area contributed by atoms with Gasteiger partial charge in [0.2, 0.25) is 0 Å². The summed E-state index contributed by atoms with van der Waals surface area (Å²) >= 11 is 6.13. The zero-order valence-electron chi connectivity index (χ0n) is 11.1. The highest BCUT2D eigenvalue weighted by atomic mass is 35.5. The van der Waals surface area contributed by atoms with Crippen LogP contribution in [0.1, 0.15) is 29.7 Å². The Labute approximate surface area is 123 Å². The Balaban J connectivity index is 1.80. The predicted molar refractivity (Wildman–Crippen MR) is 81.1 cm³/mol. The summed E-state index contributed by atoms with van der Waals surface area (Å²) in [5.41, 5.74) is 3.66. The lowest BCUT2D eigenvalue weighted by atomic mass is 9.81.